The van der Waals surface area contributed by atoms with Crippen molar-refractivity contribution in [1.82, 2.24) is 14.5 Å². The van der Waals surface area contributed by atoms with Crippen molar-refractivity contribution in [2.75, 3.05) is 39.8 Å². The van der Waals surface area contributed by atoms with Gasteiger partial charge in [-0.2, -0.15) is 4.31 Å². The molecule has 26 heavy (non-hydrogen) atoms. The summed E-state index contributed by atoms with van der Waals surface area (Å²) in [6.07, 6.45) is -5.03. The second kappa shape index (κ2) is 8.89. The van der Waals surface area contributed by atoms with Gasteiger partial charge in [0.05, 0.1) is 6.54 Å². The molecule has 1 aromatic carbocycles. The van der Waals surface area contributed by atoms with Gasteiger partial charge in [0.15, 0.2) is 0 Å². The van der Waals surface area contributed by atoms with Crippen molar-refractivity contribution in [3.8, 4) is 5.75 Å². The molecule has 0 aliphatic carbocycles. The van der Waals surface area contributed by atoms with E-state index in [0.717, 1.165) is 23.5 Å². The van der Waals surface area contributed by atoms with Crippen LogP contribution in [0.5, 0.6) is 5.75 Å². The second-order valence-electron chi connectivity index (χ2n) is 5.39. The first-order chi connectivity index (χ1) is 11.6. The van der Waals surface area contributed by atoms with Crippen molar-refractivity contribution in [2.45, 2.75) is 11.3 Å². The van der Waals surface area contributed by atoms with Crippen LogP contribution < -0.4 is 10.1 Å². The number of para-hydroxylation sites is 1. The Labute approximate surface area is 155 Å². The molecule has 1 amide bonds. The average molecular weight is 418 g/mol. The van der Waals surface area contributed by atoms with Crippen LogP contribution in [0.2, 0.25) is 0 Å². The number of hydrogen-bond acceptors (Lipinski definition) is 5. The molecule has 1 N–H and O–H groups in total. The lowest BCUT2D eigenvalue weighted by Gasteiger charge is -2.29. The number of benzene rings is 1. The van der Waals surface area contributed by atoms with E-state index in [-0.39, 0.29) is 12.4 Å². The second-order valence-corrected chi connectivity index (χ2v) is 7.40. The van der Waals surface area contributed by atoms with E-state index in [0.29, 0.717) is 26.2 Å². The lowest BCUT2D eigenvalue weighted by atomic mass is 10.3. The molecular formula is C14H19ClF3N3O4S. The first kappa shape index (κ1) is 22.5. The van der Waals surface area contributed by atoms with Gasteiger partial charge in [-0.05, 0) is 12.1 Å². The number of carbonyl (C=O) groups is 1. The Morgan fingerprint density at radius 3 is 2.42 bits per heavy atom. The fourth-order valence-corrected chi connectivity index (χ4v) is 3.56. The highest BCUT2D eigenvalue weighted by atomic mass is 35.5. The highest BCUT2D eigenvalue weighted by molar-refractivity contribution is 7.89. The number of hydrogen-bond donors (Lipinski definition) is 1. The van der Waals surface area contributed by atoms with Gasteiger partial charge in [-0.1, -0.05) is 12.1 Å². The van der Waals surface area contributed by atoms with E-state index in [4.69, 9.17) is 0 Å². The van der Waals surface area contributed by atoms with E-state index in [9.17, 15) is 26.4 Å². The van der Waals surface area contributed by atoms with Gasteiger partial charge in [-0.15, -0.1) is 25.6 Å². The summed E-state index contributed by atoms with van der Waals surface area (Å²) in [4.78, 5) is 13.0. The Balaban J connectivity index is 0.00000338. The molecule has 148 valence electrons. The maximum Gasteiger partial charge on any atom is 0.573 e. The fraction of sp³-hybridized carbons (Fsp3) is 0.500. The number of amides is 1. The van der Waals surface area contributed by atoms with Crippen LogP contribution in [-0.2, 0) is 14.8 Å². The summed E-state index contributed by atoms with van der Waals surface area (Å²) in [5.74, 6) is -1.25. The van der Waals surface area contributed by atoms with E-state index < -0.39 is 39.5 Å². The molecule has 1 heterocycles. The summed E-state index contributed by atoms with van der Waals surface area (Å²) in [7, 11) is -3.19. The largest absolute Gasteiger partial charge is 0.573 e. The predicted octanol–water partition coefficient (Wildman–Crippen LogP) is 1.06. The molecule has 0 unspecified atom stereocenters. The Hall–Kier alpha value is -1.56. The molecule has 0 aromatic heterocycles. The first-order valence-electron chi connectivity index (χ1n) is 7.41. The Morgan fingerprint density at radius 2 is 1.85 bits per heavy atom. The molecule has 0 bridgehead atoms. The van der Waals surface area contributed by atoms with Gasteiger partial charge in [0.25, 0.3) is 0 Å². The number of ether oxygens (including phenoxy) is 1. The number of alkyl halides is 3. The summed E-state index contributed by atoms with van der Waals surface area (Å²) in [6, 6.07) is 4.42. The van der Waals surface area contributed by atoms with Crippen LogP contribution in [0.3, 0.4) is 0 Å². The predicted molar refractivity (Wildman–Crippen MR) is 89.6 cm³/mol. The van der Waals surface area contributed by atoms with Crippen molar-refractivity contribution in [1.29, 1.82) is 0 Å². The van der Waals surface area contributed by atoms with E-state index >= 15 is 0 Å². The van der Waals surface area contributed by atoms with Crippen LogP contribution in [0.1, 0.15) is 0 Å². The highest BCUT2D eigenvalue weighted by Gasteiger charge is 2.35. The molecule has 1 aliphatic heterocycles. The lowest BCUT2D eigenvalue weighted by Crippen LogP contribution is -2.49. The normalized spacial score (nSPS) is 15.5. The van der Waals surface area contributed by atoms with Gasteiger partial charge in [-0.3, -0.25) is 4.79 Å². The Morgan fingerprint density at radius 1 is 1.27 bits per heavy atom. The average Bonchev–Trinajstić information content (AvgIpc) is 2.54. The van der Waals surface area contributed by atoms with Gasteiger partial charge in [-0.25, -0.2) is 8.42 Å². The minimum atomic E-state index is -5.03. The standard InChI is InChI=1S/C14H18F3N3O4S.ClH/c1-19(10-13(21)20-8-6-18-7-9-20)25(22,23)12-5-3-2-4-11(12)24-14(15,16)17;/h2-5,18H,6-10H2,1H3;1H. The monoisotopic (exact) mass is 417 g/mol. The number of piperazine rings is 1. The quantitative estimate of drug-likeness (QED) is 0.775. The summed E-state index contributed by atoms with van der Waals surface area (Å²) in [5.41, 5.74) is 0. The van der Waals surface area contributed by atoms with Crippen LogP contribution in [0, 0.1) is 0 Å². The highest BCUT2D eigenvalue weighted by Crippen LogP contribution is 2.30. The zero-order chi connectivity index (χ0) is 18.7. The zero-order valence-corrected chi connectivity index (χ0v) is 15.5. The number of likely N-dealkylation sites (N-methyl/N-ethyl adjacent to an activating group) is 1. The van der Waals surface area contributed by atoms with E-state index in [1.54, 1.807) is 0 Å². The molecule has 1 fully saturated rings. The van der Waals surface area contributed by atoms with Crippen LogP contribution in [-0.4, -0.2) is 69.7 Å². The SMILES string of the molecule is CN(CC(=O)N1CCNCC1)S(=O)(=O)c1ccccc1OC(F)(F)F.Cl. The first-order valence-corrected chi connectivity index (χ1v) is 8.85. The Bertz CT molecular complexity index is 724. The molecule has 1 aliphatic rings. The van der Waals surface area contributed by atoms with E-state index in [1.165, 1.54) is 17.0 Å². The van der Waals surface area contributed by atoms with Crippen LogP contribution in [0.25, 0.3) is 0 Å². The maximum absolute atomic E-state index is 12.6. The van der Waals surface area contributed by atoms with Crippen molar-refractivity contribution >= 4 is 28.3 Å². The molecule has 2 rings (SSSR count). The molecule has 0 spiro atoms. The van der Waals surface area contributed by atoms with Gasteiger partial charge < -0.3 is 15.0 Å². The van der Waals surface area contributed by atoms with Gasteiger partial charge in [0.2, 0.25) is 15.9 Å². The lowest BCUT2D eigenvalue weighted by molar-refractivity contribution is -0.275. The summed E-state index contributed by atoms with van der Waals surface area (Å²) in [5, 5.41) is 3.06. The fourth-order valence-electron chi connectivity index (χ4n) is 2.33. The third-order valence-electron chi connectivity index (χ3n) is 3.59. The zero-order valence-electron chi connectivity index (χ0n) is 13.8. The van der Waals surface area contributed by atoms with Crippen LogP contribution >= 0.6 is 12.4 Å². The van der Waals surface area contributed by atoms with Gasteiger partial charge in [0.1, 0.15) is 10.6 Å². The number of sulfonamides is 1. The van der Waals surface area contributed by atoms with E-state index in [1.807, 2.05) is 0 Å². The smallest absolute Gasteiger partial charge is 0.404 e. The third kappa shape index (κ3) is 5.73. The van der Waals surface area contributed by atoms with E-state index in [2.05, 4.69) is 10.1 Å². The van der Waals surface area contributed by atoms with Gasteiger partial charge >= 0.3 is 6.36 Å². The molecule has 0 saturated carbocycles. The molecule has 0 atom stereocenters. The van der Waals surface area contributed by atoms with Crippen molar-refractivity contribution < 1.29 is 31.1 Å². The minimum absolute atomic E-state index is 0. The minimum Gasteiger partial charge on any atom is -0.404 e. The summed E-state index contributed by atoms with van der Waals surface area (Å²) < 4.78 is 67.0. The number of nitrogens with one attached hydrogen (secondary N) is 1. The van der Waals surface area contributed by atoms with Gasteiger partial charge in [0, 0.05) is 33.2 Å². The van der Waals surface area contributed by atoms with Crippen molar-refractivity contribution in [3.63, 3.8) is 0 Å². The molecule has 1 aromatic rings. The summed E-state index contributed by atoms with van der Waals surface area (Å²) >= 11 is 0. The molecule has 12 heteroatoms. The number of nitrogens with zero attached hydrogens (tertiary/aromatic N) is 2. The topological polar surface area (TPSA) is 79.0 Å². The number of carbonyl (C=O) groups excluding carboxylic acids is 1. The van der Waals surface area contributed by atoms with Crippen LogP contribution in [0.15, 0.2) is 29.2 Å². The summed E-state index contributed by atoms with van der Waals surface area (Å²) in [6.45, 7) is 1.62. The van der Waals surface area contributed by atoms with Crippen molar-refractivity contribution in [3.05, 3.63) is 24.3 Å². The molecule has 1 saturated heterocycles. The van der Waals surface area contributed by atoms with Crippen molar-refractivity contribution in [2.24, 2.45) is 0 Å². The maximum atomic E-state index is 12.6. The molecule has 7 nitrogen and oxygen atoms in total. The van der Waals surface area contributed by atoms with Crippen LogP contribution in [0.4, 0.5) is 13.2 Å². The third-order valence-corrected chi connectivity index (χ3v) is 5.43. The molecule has 0 radical (unpaired) electrons. The molecular weight excluding hydrogens is 399 g/mol. The number of rotatable bonds is 5. The Kier molecular flexibility index (Phi) is 7.69. The number of halogens is 4.